The van der Waals surface area contributed by atoms with Gasteiger partial charge in [-0.3, -0.25) is 0 Å². The van der Waals surface area contributed by atoms with Crippen LogP contribution in [0.4, 0.5) is 0 Å². The monoisotopic (exact) mass is 194 g/mol. The van der Waals surface area contributed by atoms with Gasteiger partial charge in [-0.1, -0.05) is 0 Å². The molecule has 2 saturated carbocycles. The topological polar surface area (TPSA) is 24.5 Å². The summed E-state index contributed by atoms with van der Waals surface area (Å²) in [7, 11) is 2.06. The van der Waals surface area contributed by atoms with E-state index in [1.165, 1.54) is 31.6 Å². The summed E-state index contributed by atoms with van der Waals surface area (Å²) in [6, 6.07) is 0.702. The Bertz CT molecular complexity index is 260. The van der Waals surface area contributed by atoms with Crippen LogP contribution in [0.15, 0.2) is 12.0 Å². The molecule has 2 aliphatic carbocycles. The molecule has 3 aliphatic rings. The van der Waals surface area contributed by atoms with Crippen LogP contribution in [0.2, 0.25) is 0 Å². The molecule has 0 saturated heterocycles. The van der Waals surface area contributed by atoms with E-state index in [4.69, 9.17) is 4.74 Å². The maximum absolute atomic E-state index is 5.59. The Labute approximate surface area is 85.1 Å². The zero-order valence-electron chi connectivity index (χ0n) is 8.70. The third kappa shape index (κ3) is 1.73. The van der Waals surface area contributed by atoms with Crippen molar-refractivity contribution in [1.29, 1.82) is 0 Å². The van der Waals surface area contributed by atoms with Gasteiger partial charge >= 0.3 is 0 Å². The van der Waals surface area contributed by atoms with Crippen molar-refractivity contribution in [2.24, 2.45) is 11.8 Å². The summed E-state index contributed by atoms with van der Waals surface area (Å²) in [4.78, 5) is 2.10. The highest BCUT2D eigenvalue weighted by molar-refractivity contribution is 5.14. The largest absolute Gasteiger partial charge is 0.476 e. The Kier molecular flexibility index (Phi) is 1.94. The van der Waals surface area contributed by atoms with E-state index in [-0.39, 0.29) is 0 Å². The minimum absolute atomic E-state index is 0.665. The highest BCUT2D eigenvalue weighted by Crippen LogP contribution is 2.40. The van der Waals surface area contributed by atoms with Gasteiger partial charge in [0.25, 0.3) is 0 Å². The standard InChI is InChI=1S/C11H18N2O/c1-13-6-11(14-7-13)9-4-10(9)12-5-8-2-3-8/h6,8-10,12H,2-5,7H2,1H3. The lowest BCUT2D eigenvalue weighted by Gasteiger charge is -2.03. The minimum Gasteiger partial charge on any atom is -0.476 e. The fraction of sp³-hybridized carbons (Fsp3) is 0.818. The van der Waals surface area contributed by atoms with E-state index in [0.29, 0.717) is 12.0 Å². The lowest BCUT2D eigenvalue weighted by molar-refractivity contribution is 0.159. The number of rotatable bonds is 4. The lowest BCUT2D eigenvalue weighted by Crippen LogP contribution is -2.21. The Morgan fingerprint density at radius 1 is 1.57 bits per heavy atom. The molecule has 3 rings (SSSR count). The highest BCUT2D eigenvalue weighted by atomic mass is 16.5. The van der Waals surface area contributed by atoms with E-state index < -0.39 is 0 Å². The predicted octanol–water partition coefficient (Wildman–Crippen LogP) is 1.14. The van der Waals surface area contributed by atoms with E-state index in [1.54, 1.807) is 0 Å². The van der Waals surface area contributed by atoms with Crippen molar-refractivity contribution in [3.05, 3.63) is 12.0 Å². The molecule has 3 heteroatoms. The predicted molar refractivity (Wildman–Crippen MR) is 54.4 cm³/mol. The molecule has 0 aromatic rings. The first-order valence-electron chi connectivity index (χ1n) is 5.61. The minimum atomic E-state index is 0.665. The van der Waals surface area contributed by atoms with E-state index in [9.17, 15) is 0 Å². The Balaban J connectivity index is 1.45. The van der Waals surface area contributed by atoms with Gasteiger partial charge in [-0.2, -0.15) is 0 Å². The van der Waals surface area contributed by atoms with Crippen LogP contribution in [0.3, 0.4) is 0 Å². The summed E-state index contributed by atoms with van der Waals surface area (Å²) in [6.45, 7) is 1.96. The van der Waals surface area contributed by atoms with Crippen molar-refractivity contribution in [1.82, 2.24) is 10.2 Å². The third-order valence-electron chi connectivity index (χ3n) is 3.30. The molecule has 0 radical (unpaired) electrons. The first-order valence-corrected chi connectivity index (χ1v) is 5.61. The fourth-order valence-corrected chi connectivity index (χ4v) is 2.05. The van der Waals surface area contributed by atoms with Crippen molar-refractivity contribution in [3.8, 4) is 0 Å². The van der Waals surface area contributed by atoms with E-state index >= 15 is 0 Å². The van der Waals surface area contributed by atoms with Gasteiger partial charge in [0.15, 0.2) is 6.73 Å². The first kappa shape index (κ1) is 8.60. The lowest BCUT2D eigenvalue weighted by atomic mass is 10.3. The van der Waals surface area contributed by atoms with E-state index in [2.05, 4.69) is 23.5 Å². The number of ether oxygens (including phenoxy) is 1. The summed E-state index contributed by atoms with van der Waals surface area (Å²) in [5.74, 6) is 2.84. The van der Waals surface area contributed by atoms with Crippen LogP contribution in [0.1, 0.15) is 19.3 Å². The normalized spacial score (nSPS) is 35.5. The summed E-state index contributed by atoms with van der Waals surface area (Å²) >= 11 is 0. The van der Waals surface area contributed by atoms with Gasteiger partial charge < -0.3 is 15.0 Å². The van der Waals surface area contributed by atoms with Gasteiger partial charge in [0.1, 0.15) is 5.76 Å². The van der Waals surface area contributed by atoms with Gasteiger partial charge in [0.2, 0.25) is 0 Å². The molecule has 1 aliphatic heterocycles. The van der Waals surface area contributed by atoms with Crippen molar-refractivity contribution in [2.75, 3.05) is 20.3 Å². The Morgan fingerprint density at radius 2 is 2.43 bits per heavy atom. The first-order chi connectivity index (χ1) is 6.83. The molecule has 1 heterocycles. The van der Waals surface area contributed by atoms with E-state index in [1.807, 2.05) is 0 Å². The second-order valence-electron chi connectivity index (χ2n) is 4.86. The van der Waals surface area contributed by atoms with Crippen LogP contribution < -0.4 is 5.32 Å². The van der Waals surface area contributed by atoms with Gasteiger partial charge in [-0.25, -0.2) is 0 Å². The third-order valence-corrected chi connectivity index (χ3v) is 3.30. The van der Waals surface area contributed by atoms with Crippen LogP contribution in [0, 0.1) is 11.8 Å². The summed E-state index contributed by atoms with van der Waals surface area (Å²) < 4.78 is 5.59. The number of hydrogen-bond donors (Lipinski definition) is 1. The molecule has 0 spiro atoms. The van der Waals surface area contributed by atoms with Crippen LogP contribution in [0.5, 0.6) is 0 Å². The molecule has 0 amide bonds. The van der Waals surface area contributed by atoms with Crippen molar-refractivity contribution < 1.29 is 4.74 Å². The molecule has 14 heavy (non-hydrogen) atoms. The molecular formula is C11H18N2O. The van der Waals surface area contributed by atoms with Crippen molar-refractivity contribution in [2.45, 2.75) is 25.3 Å². The molecule has 0 aromatic heterocycles. The zero-order chi connectivity index (χ0) is 9.54. The Morgan fingerprint density at radius 3 is 3.07 bits per heavy atom. The van der Waals surface area contributed by atoms with Crippen LogP contribution in [-0.4, -0.2) is 31.3 Å². The second kappa shape index (κ2) is 3.16. The highest BCUT2D eigenvalue weighted by Gasteiger charge is 2.43. The molecule has 78 valence electrons. The molecule has 1 N–H and O–H groups in total. The van der Waals surface area contributed by atoms with Crippen molar-refractivity contribution in [3.63, 3.8) is 0 Å². The molecule has 2 atom stereocenters. The van der Waals surface area contributed by atoms with Gasteiger partial charge in [0, 0.05) is 25.2 Å². The molecule has 2 unspecified atom stereocenters. The maximum atomic E-state index is 5.59. The average molecular weight is 194 g/mol. The van der Waals surface area contributed by atoms with Crippen LogP contribution in [0.25, 0.3) is 0 Å². The molecule has 2 fully saturated rings. The number of nitrogens with zero attached hydrogens (tertiary/aromatic N) is 1. The average Bonchev–Trinajstić information content (AvgIpc) is 3.06. The van der Waals surface area contributed by atoms with Crippen LogP contribution >= 0.6 is 0 Å². The molecule has 3 nitrogen and oxygen atoms in total. The summed E-state index contributed by atoms with van der Waals surface area (Å²) in [5, 5.41) is 3.62. The van der Waals surface area contributed by atoms with Gasteiger partial charge in [-0.15, -0.1) is 0 Å². The van der Waals surface area contributed by atoms with Gasteiger partial charge in [0.05, 0.1) is 0 Å². The zero-order valence-corrected chi connectivity index (χ0v) is 8.70. The van der Waals surface area contributed by atoms with Gasteiger partial charge in [-0.05, 0) is 31.7 Å². The molecule has 0 bridgehead atoms. The number of hydrogen-bond acceptors (Lipinski definition) is 3. The van der Waals surface area contributed by atoms with Crippen LogP contribution in [-0.2, 0) is 4.74 Å². The molecule has 0 aromatic carbocycles. The SMILES string of the molecule is CN1C=C(C2CC2NCC2CC2)OC1. The quantitative estimate of drug-likeness (QED) is 0.726. The summed E-state index contributed by atoms with van der Waals surface area (Å²) in [5.41, 5.74) is 0. The maximum Gasteiger partial charge on any atom is 0.160 e. The Hall–Kier alpha value is -0.700. The fourth-order valence-electron chi connectivity index (χ4n) is 2.05. The number of nitrogens with one attached hydrogen (secondary N) is 1. The van der Waals surface area contributed by atoms with Crippen molar-refractivity contribution >= 4 is 0 Å². The van der Waals surface area contributed by atoms with E-state index in [0.717, 1.165) is 12.6 Å². The second-order valence-corrected chi connectivity index (χ2v) is 4.86. The summed E-state index contributed by atoms with van der Waals surface area (Å²) in [6.07, 6.45) is 6.29. The smallest absolute Gasteiger partial charge is 0.160 e. The molecular weight excluding hydrogens is 176 g/mol.